The quantitative estimate of drug-likeness (QED) is 0.772. The zero-order valence-corrected chi connectivity index (χ0v) is 18.1. The van der Waals surface area contributed by atoms with Gasteiger partial charge in [0.15, 0.2) is 18.1 Å². The average molecular weight is 402 g/mol. The first kappa shape index (κ1) is 22.3. The Labute approximate surface area is 171 Å². The van der Waals surface area contributed by atoms with Gasteiger partial charge in [-0.25, -0.2) is 4.68 Å². The van der Waals surface area contributed by atoms with Crippen molar-refractivity contribution in [3.63, 3.8) is 0 Å². The number of nitrogens with two attached hydrogens (primary N) is 1. The molecule has 1 heterocycles. The van der Waals surface area contributed by atoms with Gasteiger partial charge in [-0.15, -0.1) is 0 Å². The van der Waals surface area contributed by atoms with E-state index in [1.807, 2.05) is 31.5 Å². The van der Waals surface area contributed by atoms with E-state index < -0.39 is 5.91 Å². The molecule has 0 spiro atoms. The van der Waals surface area contributed by atoms with E-state index in [9.17, 15) is 9.59 Å². The Morgan fingerprint density at radius 2 is 1.76 bits per heavy atom. The van der Waals surface area contributed by atoms with Gasteiger partial charge in [0, 0.05) is 17.0 Å². The van der Waals surface area contributed by atoms with Crippen molar-refractivity contribution in [2.45, 2.75) is 52.5 Å². The van der Waals surface area contributed by atoms with E-state index in [4.69, 9.17) is 20.3 Å². The van der Waals surface area contributed by atoms with Crippen LogP contribution >= 0.6 is 0 Å². The molecule has 0 aliphatic heterocycles. The molecule has 2 amide bonds. The molecule has 0 bridgehead atoms. The van der Waals surface area contributed by atoms with Crippen molar-refractivity contribution < 1.29 is 19.1 Å². The monoisotopic (exact) mass is 402 g/mol. The van der Waals surface area contributed by atoms with Crippen LogP contribution in [-0.2, 0) is 15.7 Å². The molecule has 0 aliphatic carbocycles. The van der Waals surface area contributed by atoms with Crippen LogP contribution in [0.4, 0.5) is 5.82 Å². The molecular weight excluding hydrogens is 372 g/mol. The molecule has 0 fully saturated rings. The second-order valence-electron chi connectivity index (χ2n) is 8.82. The zero-order chi connectivity index (χ0) is 22.0. The molecule has 0 unspecified atom stereocenters. The maximum atomic E-state index is 12.9. The summed E-state index contributed by atoms with van der Waals surface area (Å²) in [4.78, 5) is 23.8. The van der Waals surface area contributed by atoms with Crippen molar-refractivity contribution in [3.8, 4) is 11.5 Å². The van der Waals surface area contributed by atoms with E-state index in [-0.39, 0.29) is 23.5 Å². The van der Waals surface area contributed by atoms with Crippen LogP contribution in [0.15, 0.2) is 24.3 Å². The Morgan fingerprint density at radius 3 is 2.28 bits per heavy atom. The lowest BCUT2D eigenvalue weighted by molar-refractivity contribution is -0.119. The molecule has 1 aromatic carbocycles. The highest BCUT2D eigenvalue weighted by molar-refractivity contribution is 6.04. The summed E-state index contributed by atoms with van der Waals surface area (Å²) in [5.74, 6) is 0.367. The van der Waals surface area contributed by atoms with E-state index in [0.29, 0.717) is 22.9 Å². The lowest BCUT2D eigenvalue weighted by atomic mass is 9.92. The van der Waals surface area contributed by atoms with Crippen molar-refractivity contribution in [2.75, 3.05) is 19.0 Å². The average Bonchev–Trinajstić information content (AvgIpc) is 3.04. The first-order chi connectivity index (χ1) is 13.3. The van der Waals surface area contributed by atoms with Gasteiger partial charge < -0.3 is 20.5 Å². The number of hydrogen-bond donors (Lipinski definition) is 2. The number of amides is 2. The lowest BCUT2D eigenvalue weighted by Gasteiger charge is -2.23. The summed E-state index contributed by atoms with van der Waals surface area (Å²) < 4.78 is 12.4. The van der Waals surface area contributed by atoms with Crippen LogP contribution in [0.3, 0.4) is 0 Å². The maximum absolute atomic E-state index is 12.9. The van der Waals surface area contributed by atoms with Gasteiger partial charge in [-0.1, -0.05) is 20.8 Å². The summed E-state index contributed by atoms with van der Waals surface area (Å²) in [7, 11) is 1.46. The van der Waals surface area contributed by atoms with E-state index in [2.05, 4.69) is 26.1 Å². The number of nitrogens with zero attached hydrogens (tertiary/aromatic N) is 2. The number of primary amides is 1. The highest BCUT2D eigenvalue weighted by Gasteiger charge is 2.26. The van der Waals surface area contributed by atoms with Crippen LogP contribution in [0.25, 0.3) is 0 Å². The van der Waals surface area contributed by atoms with Crippen molar-refractivity contribution in [2.24, 2.45) is 5.73 Å². The van der Waals surface area contributed by atoms with Gasteiger partial charge in [-0.3, -0.25) is 9.59 Å². The summed E-state index contributed by atoms with van der Waals surface area (Å²) in [5.41, 5.74) is 5.90. The van der Waals surface area contributed by atoms with Gasteiger partial charge in [0.05, 0.1) is 18.3 Å². The number of ether oxygens (including phenoxy) is 2. The number of carbonyl (C=O) groups excluding carboxylic acids is 2. The fraction of sp³-hybridized carbons (Fsp3) is 0.476. The van der Waals surface area contributed by atoms with Crippen molar-refractivity contribution in [3.05, 3.63) is 35.5 Å². The summed E-state index contributed by atoms with van der Waals surface area (Å²) in [6.07, 6.45) is 0. The Morgan fingerprint density at radius 1 is 1.10 bits per heavy atom. The first-order valence-corrected chi connectivity index (χ1v) is 9.34. The zero-order valence-electron chi connectivity index (χ0n) is 18.1. The lowest BCUT2D eigenvalue weighted by Crippen LogP contribution is -2.27. The maximum Gasteiger partial charge on any atom is 0.256 e. The Hall–Kier alpha value is -3.03. The van der Waals surface area contributed by atoms with Crippen LogP contribution in [0.5, 0.6) is 11.5 Å². The van der Waals surface area contributed by atoms with E-state index >= 15 is 0 Å². The number of nitrogens with one attached hydrogen (secondary N) is 1. The Bertz CT molecular complexity index is 904. The van der Waals surface area contributed by atoms with Crippen molar-refractivity contribution >= 4 is 17.6 Å². The van der Waals surface area contributed by atoms with Gasteiger partial charge in [-0.2, -0.15) is 5.10 Å². The van der Waals surface area contributed by atoms with E-state index in [0.717, 1.165) is 5.69 Å². The smallest absolute Gasteiger partial charge is 0.256 e. The molecule has 0 aliphatic rings. The fourth-order valence-corrected chi connectivity index (χ4v) is 2.61. The Kier molecular flexibility index (Phi) is 6.25. The highest BCUT2D eigenvalue weighted by Crippen LogP contribution is 2.30. The largest absolute Gasteiger partial charge is 0.493 e. The predicted molar refractivity (Wildman–Crippen MR) is 112 cm³/mol. The third kappa shape index (κ3) is 5.49. The SMILES string of the molecule is COc1cc(C(=O)Nc2cc(C(C)(C)C)nn2C(C)(C)C)ccc1OCC(N)=O. The normalized spacial score (nSPS) is 11.8. The molecule has 2 aromatic rings. The van der Waals surface area contributed by atoms with Gasteiger partial charge in [-0.05, 0) is 39.0 Å². The minimum absolute atomic E-state index is 0.154. The molecule has 0 saturated heterocycles. The van der Waals surface area contributed by atoms with Crippen molar-refractivity contribution in [1.29, 1.82) is 0 Å². The van der Waals surface area contributed by atoms with Crippen LogP contribution < -0.4 is 20.5 Å². The molecule has 8 nitrogen and oxygen atoms in total. The van der Waals surface area contributed by atoms with Crippen LogP contribution in [0, 0.1) is 0 Å². The third-order valence-corrected chi connectivity index (χ3v) is 4.15. The van der Waals surface area contributed by atoms with Gasteiger partial charge in [0.2, 0.25) is 0 Å². The molecule has 0 saturated carbocycles. The molecule has 0 radical (unpaired) electrons. The highest BCUT2D eigenvalue weighted by atomic mass is 16.5. The Balaban J connectivity index is 2.32. The fourth-order valence-electron chi connectivity index (χ4n) is 2.61. The predicted octanol–water partition coefficient (Wildman–Crippen LogP) is 3.06. The molecule has 8 heteroatoms. The van der Waals surface area contributed by atoms with Gasteiger partial charge >= 0.3 is 0 Å². The number of aromatic nitrogens is 2. The minimum atomic E-state index is -0.598. The summed E-state index contributed by atoms with van der Waals surface area (Å²) in [6.45, 7) is 12.0. The second kappa shape index (κ2) is 8.14. The number of benzene rings is 1. The molecule has 1 aromatic heterocycles. The number of carbonyl (C=O) groups is 2. The second-order valence-corrected chi connectivity index (χ2v) is 8.82. The molecule has 2 rings (SSSR count). The molecule has 0 atom stereocenters. The third-order valence-electron chi connectivity index (χ3n) is 4.15. The van der Waals surface area contributed by atoms with E-state index in [1.54, 1.807) is 18.2 Å². The first-order valence-electron chi connectivity index (χ1n) is 9.34. The van der Waals surface area contributed by atoms with Gasteiger partial charge in [0.1, 0.15) is 5.82 Å². The minimum Gasteiger partial charge on any atom is -0.493 e. The molecule has 158 valence electrons. The number of anilines is 1. The van der Waals surface area contributed by atoms with Crippen molar-refractivity contribution in [1.82, 2.24) is 9.78 Å². The van der Waals surface area contributed by atoms with Crippen LogP contribution in [-0.4, -0.2) is 35.3 Å². The molecular formula is C21H30N4O4. The molecule has 29 heavy (non-hydrogen) atoms. The summed E-state index contributed by atoms with van der Waals surface area (Å²) in [6, 6.07) is 6.60. The number of rotatable bonds is 6. The number of methoxy groups -OCH3 is 1. The number of hydrogen-bond acceptors (Lipinski definition) is 5. The van der Waals surface area contributed by atoms with Gasteiger partial charge in [0.25, 0.3) is 11.8 Å². The standard InChI is InChI=1S/C21H30N4O4/c1-20(2,3)16-11-18(25(24-16)21(4,5)6)23-19(27)13-8-9-14(15(10-13)28-7)29-12-17(22)26/h8-11H,12H2,1-7H3,(H2,22,26)(H,23,27). The van der Waals surface area contributed by atoms with Crippen LogP contribution in [0.2, 0.25) is 0 Å². The van der Waals surface area contributed by atoms with E-state index in [1.165, 1.54) is 7.11 Å². The molecule has 3 N–H and O–H groups in total. The summed E-state index contributed by atoms with van der Waals surface area (Å²) >= 11 is 0. The summed E-state index contributed by atoms with van der Waals surface area (Å²) in [5, 5.41) is 7.64. The van der Waals surface area contributed by atoms with Crippen LogP contribution in [0.1, 0.15) is 57.6 Å². The topological polar surface area (TPSA) is 108 Å².